The third-order valence-corrected chi connectivity index (χ3v) is 3.95. The molecule has 2 aliphatic heterocycles. The molecule has 112 valence electrons. The number of ether oxygens (including phenoxy) is 1. The van der Waals surface area contributed by atoms with E-state index in [9.17, 15) is 9.59 Å². The van der Waals surface area contributed by atoms with Crippen LogP contribution >= 0.6 is 0 Å². The molecule has 0 saturated carbocycles. The van der Waals surface area contributed by atoms with Crippen LogP contribution in [-0.4, -0.2) is 37.0 Å². The van der Waals surface area contributed by atoms with E-state index in [4.69, 9.17) is 4.74 Å². The summed E-state index contributed by atoms with van der Waals surface area (Å²) in [4.78, 5) is 23.7. The largest absolute Gasteiger partial charge is 0.482 e. The van der Waals surface area contributed by atoms with Crippen molar-refractivity contribution in [1.29, 1.82) is 0 Å². The zero-order valence-corrected chi connectivity index (χ0v) is 11.9. The van der Waals surface area contributed by atoms with E-state index in [0.29, 0.717) is 17.0 Å². The second kappa shape index (κ2) is 5.73. The van der Waals surface area contributed by atoms with E-state index >= 15 is 0 Å². The summed E-state index contributed by atoms with van der Waals surface area (Å²) in [5.74, 6) is 0.266. The van der Waals surface area contributed by atoms with Gasteiger partial charge in [0.2, 0.25) is 0 Å². The fraction of sp³-hybridized carbons (Fsp3) is 0.467. The number of rotatable bonds is 2. The topological polar surface area (TPSA) is 79.5 Å². The maximum atomic E-state index is 12.3. The zero-order valence-electron chi connectivity index (χ0n) is 11.9. The molecule has 3 rings (SSSR count). The van der Waals surface area contributed by atoms with E-state index in [-0.39, 0.29) is 30.5 Å². The van der Waals surface area contributed by atoms with Crippen LogP contribution in [0.5, 0.6) is 5.75 Å². The molecule has 21 heavy (non-hydrogen) atoms. The van der Waals surface area contributed by atoms with Crippen LogP contribution in [0.2, 0.25) is 0 Å². The third-order valence-electron chi connectivity index (χ3n) is 3.95. The van der Waals surface area contributed by atoms with Crippen LogP contribution in [0.4, 0.5) is 5.69 Å². The van der Waals surface area contributed by atoms with Crippen LogP contribution in [-0.2, 0) is 4.79 Å². The minimum Gasteiger partial charge on any atom is -0.482 e. The van der Waals surface area contributed by atoms with Gasteiger partial charge < -0.3 is 20.7 Å². The molecule has 0 spiro atoms. The van der Waals surface area contributed by atoms with Gasteiger partial charge in [0.25, 0.3) is 11.8 Å². The molecule has 6 heteroatoms. The number of nitrogens with one attached hydrogen (secondary N) is 3. The normalized spacial score (nSPS) is 24.5. The fourth-order valence-corrected chi connectivity index (χ4v) is 2.72. The first-order valence-corrected chi connectivity index (χ1v) is 7.24. The fourth-order valence-electron chi connectivity index (χ4n) is 2.72. The molecular weight excluding hydrogens is 270 g/mol. The Labute approximate surface area is 123 Å². The Morgan fingerprint density at radius 3 is 3.10 bits per heavy atom. The van der Waals surface area contributed by atoms with Gasteiger partial charge in [0, 0.05) is 17.6 Å². The molecule has 0 aliphatic carbocycles. The van der Waals surface area contributed by atoms with E-state index in [1.165, 1.54) is 0 Å². The highest BCUT2D eigenvalue weighted by atomic mass is 16.5. The van der Waals surface area contributed by atoms with Crippen molar-refractivity contribution < 1.29 is 14.3 Å². The van der Waals surface area contributed by atoms with Gasteiger partial charge in [-0.3, -0.25) is 9.59 Å². The first-order chi connectivity index (χ1) is 10.1. The Bertz CT molecular complexity index is 573. The summed E-state index contributed by atoms with van der Waals surface area (Å²) in [6.07, 6.45) is 2.04. The Balaban J connectivity index is 1.72. The number of fused-ring (bicyclic) bond motifs is 1. The lowest BCUT2D eigenvalue weighted by Crippen LogP contribution is -2.51. The van der Waals surface area contributed by atoms with Crippen molar-refractivity contribution in [2.24, 2.45) is 0 Å². The van der Waals surface area contributed by atoms with Gasteiger partial charge in [0.15, 0.2) is 6.61 Å². The van der Waals surface area contributed by atoms with Crippen LogP contribution in [0.1, 0.15) is 30.1 Å². The van der Waals surface area contributed by atoms with Crippen molar-refractivity contribution >= 4 is 17.5 Å². The molecule has 2 amide bonds. The van der Waals surface area contributed by atoms with Gasteiger partial charge in [-0.05, 0) is 44.5 Å². The van der Waals surface area contributed by atoms with Crippen molar-refractivity contribution in [1.82, 2.24) is 10.6 Å². The average molecular weight is 289 g/mol. The van der Waals surface area contributed by atoms with Crippen LogP contribution in [0.25, 0.3) is 0 Å². The lowest BCUT2D eigenvalue weighted by atomic mass is 9.99. The molecule has 0 aromatic heterocycles. The van der Waals surface area contributed by atoms with Gasteiger partial charge in [-0.25, -0.2) is 0 Å². The first-order valence-electron chi connectivity index (χ1n) is 7.24. The number of hydrogen-bond donors (Lipinski definition) is 3. The molecule has 6 nitrogen and oxygen atoms in total. The van der Waals surface area contributed by atoms with Crippen molar-refractivity contribution in [2.45, 2.75) is 31.8 Å². The molecule has 3 N–H and O–H groups in total. The van der Waals surface area contributed by atoms with Crippen LogP contribution in [0.15, 0.2) is 18.2 Å². The summed E-state index contributed by atoms with van der Waals surface area (Å²) in [5.41, 5.74) is 1.08. The summed E-state index contributed by atoms with van der Waals surface area (Å²) in [6.45, 7) is 3.09. The SMILES string of the molecule is CC1NCCCC1NC(=O)c1ccc2c(c1)NC(=O)CO2. The molecule has 2 unspecified atom stereocenters. The molecular formula is C15H19N3O3. The number of piperidine rings is 1. The van der Waals surface area contributed by atoms with E-state index < -0.39 is 0 Å². The number of carbonyl (C=O) groups is 2. The molecule has 0 bridgehead atoms. The smallest absolute Gasteiger partial charge is 0.262 e. The molecule has 1 saturated heterocycles. The van der Waals surface area contributed by atoms with Gasteiger partial charge in [-0.15, -0.1) is 0 Å². The summed E-state index contributed by atoms with van der Waals surface area (Å²) in [6, 6.07) is 5.48. The van der Waals surface area contributed by atoms with Crippen molar-refractivity contribution in [3.63, 3.8) is 0 Å². The highest BCUT2D eigenvalue weighted by Gasteiger charge is 2.24. The summed E-state index contributed by atoms with van der Waals surface area (Å²) in [5, 5.41) is 9.11. The van der Waals surface area contributed by atoms with Crippen molar-refractivity contribution in [3.05, 3.63) is 23.8 Å². The Morgan fingerprint density at radius 1 is 1.43 bits per heavy atom. The van der Waals surface area contributed by atoms with Crippen LogP contribution in [0, 0.1) is 0 Å². The van der Waals surface area contributed by atoms with Crippen molar-refractivity contribution in [3.8, 4) is 5.75 Å². The predicted molar refractivity (Wildman–Crippen MR) is 78.5 cm³/mol. The minimum atomic E-state index is -0.204. The van der Waals surface area contributed by atoms with E-state index in [2.05, 4.69) is 22.9 Å². The van der Waals surface area contributed by atoms with Gasteiger partial charge in [0.05, 0.1) is 5.69 Å². The van der Waals surface area contributed by atoms with Crippen molar-refractivity contribution in [2.75, 3.05) is 18.5 Å². The lowest BCUT2D eigenvalue weighted by Gasteiger charge is -2.30. The van der Waals surface area contributed by atoms with Crippen LogP contribution < -0.4 is 20.7 Å². The zero-order chi connectivity index (χ0) is 14.8. The number of carbonyl (C=O) groups excluding carboxylic acids is 2. The summed E-state index contributed by atoms with van der Waals surface area (Å²) < 4.78 is 5.28. The number of benzene rings is 1. The quantitative estimate of drug-likeness (QED) is 0.755. The third kappa shape index (κ3) is 3.00. The standard InChI is InChI=1S/C15H19N3O3/c1-9-11(3-2-6-16-9)18-15(20)10-4-5-13-12(7-10)17-14(19)8-21-13/h4-5,7,9,11,16H,2-3,6,8H2,1H3,(H,17,19)(H,18,20). The second-order valence-corrected chi connectivity index (χ2v) is 5.51. The van der Waals surface area contributed by atoms with E-state index in [1.54, 1.807) is 18.2 Å². The summed E-state index contributed by atoms with van der Waals surface area (Å²) in [7, 11) is 0. The van der Waals surface area contributed by atoms with Gasteiger partial charge in [-0.2, -0.15) is 0 Å². The summed E-state index contributed by atoms with van der Waals surface area (Å²) >= 11 is 0. The molecule has 1 aromatic carbocycles. The Hall–Kier alpha value is -2.08. The number of hydrogen-bond acceptors (Lipinski definition) is 4. The Kier molecular flexibility index (Phi) is 3.79. The van der Waals surface area contributed by atoms with E-state index in [0.717, 1.165) is 19.4 Å². The predicted octanol–water partition coefficient (Wildman–Crippen LogP) is 0.888. The Morgan fingerprint density at radius 2 is 2.29 bits per heavy atom. The maximum absolute atomic E-state index is 12.3. The van der Waals surface area contributed by atoms with Gasteiger partial charge in [-0.1, -0.05) is 0 Å². The molecule has 2 atom stereocenters. The van der Waals surface area contributed by atoms with Crippen LogP contribution in [0.3, 0.4) is 0 Å². The monoisotopic (exact) mass is 289 g/mol. The number of amides is 2. The van der Waals surface area contributed by atoms with Gasteiger partial charge >= 0.3 is 0 Å². The lowest BCUT2D eigenvalue weighted by molar-refractivity contribution is -0.118. The minimum absolute atomic E-state index is 0.0177. The maximum Gasteiger partial charge on any atom is 0.262 e. The molecule has 0 radical (unpaired) electrons. The first kappa shape index (κ1) is 13.9. The molecule has 2 aliphatic rings. The molecule has 1 aromatic rings. The average Bonchev–Trinajstić information content (AvgIpc) is 2.48. The second-order valence-electron chi connectivity index (χ2n) is 5.51. The van der Waals surface area contributed by atoms with Gasteiger partial charge in [0.1, 0.15) is 5.75 Å². The highest BCUT2D eigenvalue weighted by molar-refractivity contribution is 5.99. The molecule has 2 heterocycles. The highest BCUT2D eigenvalue weighted by Crippen LogP contribution is 2.28. The number of anilines is 1. The van der Waals surface area contributed by atoms with E-state index in [1.807, 2.05) is 0 Å². The molecule has 1 fully saturated rings.